The van der Waals surface area contributed by atoms with Crippen molar-refractivity contribution in [1.29, 1.82) is 0 Å². The number of piperidine rings is 1. The van der Waals surface area contributed by atoms with Crippen molar-refractivity contribution in [2.45, 2.75) is 51.5 Å². The lowest BCUT2D eigenvalue weighted by molar-refractivity contribution is -0.133. The zero-order chi connectivity index (χ0) is 15.4. The minimum atomic E-state index is 0.230. The van der Waals surface area contributed by atoms with Gasteiger partial charge < -0.3 is 14.2 Å². The highest BCUT2D eigenvalue weighted by Gasteiger charge is 2.28. The maximum absolute atomic E-state index is 12.1. The predicted molar refractivity (Wildman–Crippen MR) is 84.6 cm³/mol. The van der Waals surface area contributed by atoms with E-state index in [1.54, 1.807) is 0 Å². The predicted octanol–water partition coefficient (Wildman–Crippen LogP) is 2.43. The van der Waals surface area contributed by atoms with Gasteiger partial charge in [-0.25, -0.2) is 4.98 Å². The van der Waals surface area contributed by atoms with Crippen LogP contribution < -0.4 is 0 Å². The van der Waals surface area contributed by atoms with Crippen LogP contribution in [-0.4, -0.2) is 46.7 Å². The van der Waals surface area contributed by atoms with Crippen LogP contribution in [0.25, 0.3) is 0 Å². The molecule has 22 heavy (non-hydrogen) atoms. The van der Waals surface area contributed by atoms with E-state index in [9.17, 15) is 4.79 Å². The van der Waals surface area contributed by atoms with E-state index in [0.29, 0.717) is 25.6 Å². The first kappa shape index (κ1) is 15.5. The number of hydrogen-bond donors (Lipinski definition) is 0. The van der Waals surface area contributed by atoms with Gasteiger partial charge in [0.05, 0.1) is 13.0 Å². The van der Waals surface area contributed by atoms with Crippen LogP contribution in [-0.2, 0) is 16.1 Å². The summed E-state index contributed by atoms with van der Waals surface area (Å²) in [6.45, 7) is 6.01. The van der Waals surface area contributed by atoms with Crippen molar-refractivity contribution in [1.82, 2.24) is 14.5 Å². The molecule has 2 fully saturated rings. The molecule has 2 heterocycles. The number of likely N-dealkylation sites (tertiary alicyclic amines) is 1. The second-order valence-corrected chi connectivity index (χ2v) is 6.48. The quantitative estimate of drug-likeness (QED) is 0.727. The summed E-state index contributed by atoms with van der Waals surface area (Å²) in [5.41, 5.74) is 0. The van der Waals surface area contributed by atoms with E-state index in [0.717, 1.165) is 38.4 Å². The maximum Gasteiger partial charge on any atom is 0.224 e. The van der Waals surface area contributed by atoms with Crippen molar-refractivity contribution < 1.29 is 9.53 Å². The fourth-order valence-electron chi connectivity index (χ4n) is 3.26. The van der Waals surface area contributed by atoms with E-state index in [-0.39, 0.29) is 5.91 Å². The maximum atomic E-state index is 12.1. The summed E-state index contributed by atoms with van der Waals surface area (Å²) in [4.78, 5) is 18.7. The van der Waals surface area contributed by atoms with Crippen molar-refractivity contribution in [2.75, 3.05) is 26.3 Å². The molecule has 5 nitrogen and oxygen atoms in total. The Morgan fingerprint density at radius 3 is 2.77 bits per heavy atom. The van der Waals surface area contributed by atoms with Gasteiger partial charge in [0.15, 0.2) is 0 Å². The van der Waals surface area contributed by atoms with Gasteiger partial charge in [-0.1, -0.05) is 0 Å². The zero-order valence-electron chi connectivity index (χ0n) is 13.5. The van der Waals surface area contributed by atoms with Crippen molar-refractivity contribution in [3.63, 3.8) is 0 Å². The number of ether oxygens (including phenoxy) is 1. The summed E-state index contributed by atoms with van der Waals surface area (Å²) in [6.07, 6.45) is 9.35. The molecule has 0 bridgehead atoms. The third-order valence-electron chi connectivity index (χ3n) is 4.78. The SMILES string of the molecule is CCOCCC(=O)N1CCC(c2nccn2CC2CC2)CC1. The Kier molecular flexibility index (Phi) is 5.13. The number of carbonyl (C=O) groups is 1. The Labute approximate surface area is 132 Å². The first-order valence-electron chi connectivity index (χ1n) is 8.64. The van der Waals surface area contributed by atoms with Crippen LogP contribution in [0, 0.1) is 5.92 Å². The van der Waals surface area contributed by atoms with E-state index in [1.165, 1.54) is 18.7 Å². The second-order valence-electron chi connectivity index (χ2n) is 6.48. The Balaban J connectivity index is 1.49. The molecule has 0 unspecified atom stereocenters. The summed E-state index contributed by atoms with van der Waals surface area (Å²) < 4.78 is 7.61. The lowest BCUT2D eigenvalue weighted by atomic mass is 9.95. The van der Waals surface area contributed by atoms with Crippen molar-refractivity contribution in [2.24, 2.45) is 5.92 Å². The van der Waals surface area contributed by atoms with Crippen molar-refractivity contribution in [3.05, 3.63) is 18.2 Å². The molecule has 0 atom stereocenters. The van der Waals surface area contributed by atoms with E-state index < -0.39 is 0 Å². The van der Waals surface area contributed by atoms with Crippen LogP contribution in [0.3, 0.4) is 0 Å². The molecule has 5 heteroatoms. The molecule has 122 valence electrons. The van der Waals surface area contributed by atoms with E-state index in [2.05, 4.69) is 15.7 Å². The number of aromatic nitrogens is 2. The standard InChI is InChI=1S/C17H27N3O2/c1-2-22-12-7-16(21)19-9-5-15(6-10-19)17-18-8-11-20(17)13-14-3-4-14/h8,11,14-15H,2-7,9-10,12-13H2,1H3. The molecule has 0 radical (unpaired) electrons. The van der Waals surface area contributed by atoms with E-state index >= 15 is 0 Å². The molecule has 0 spiro atoms. The monoisotopic (exact) mass is 305 g/mol. The third-order valence-corrected chi connectivity index (χ3v) is 4.78. The number of rotatable bonds is 7. The number of amides is 1. The molecule has 2 aliphatic rings. The molecule has 1 aliphatic heterocycles. The van der Waals surface area contributed by atoms with Gasteiger partial charge >= 0.3 is 0 Å². The average Bonchev–Trinajstić information content (AvgIpc) is 3.23. The van der Waals surface area contributed by atoms with Gasteiger partial charge in [0.2, 0.25) is 5.91 Å². The molecule has 0 N–H and O–H groups in total. The molecular weight excluding hydrogens is 278 g/mol. The molecule has 1 saturated heterocycles. The Hall–Kier alpha value is -1.36. The van der Waals surface area contributed by atoms with Gasteiger partial charge in [-0.2, -0.15) is 0 Å². The lowest BCUT2D eigenvalue weighted by Crippen LogP contribution is -2.38. The minimum absolute atomic E-state index is 0.230. The van der Waals surface area contributed by atoms with Gasteiger partial charge in [0, 0.05) is 44.6 Å². The first-order chi connectivity index (χ1) is 10.8. The Bertz CT molecular complexity index is 488. The second kappa shape index (κ2) is 7.27. The van der Waals surface area contributed by atoms with Crippen LogP contribution in [0.5, 0.6) is 0 Å². The molecule has 1 saturated carbocycles. The van der Waals surface area contributed by atoms with Gasteiger partial charge in [0.25, 0.3) is 0 Å². The summed E-state index contributed by atoms with van der Waals surface area (Å²) in [5.74, 6) is 2.83. The number of carbonyl (C=O) groups excluding carboxylic acids is 1. The number of imidazole rings is 1. The van der Waals surface area contributed by atoms with Crippen LogP contribution in [0.15, 0.2) is 12.4 Å². The number of hydrogen-bond acceptors (Lipinski definition) is 3. The highest BCUT2D eigenvalue weighted by atomic mass is 16.5. The molecule has 3 rings (SSSR count). The molecule has 1 aromatic heterocycles. The van der Waals surface area contributed by atoms with Gasteiger partial charge in [-0.15, -0.1) is 0 Å². The third kappa shape index (κ3) is 3.88. The topological polar surface area (TPSA) is 47.4 Å². The van der Waals surface area contributed by atoms with E-state index in [1.807, 2.05) is 18.0 Å². The first-order valence-corrected chi connectivity index (χ1v) is 8.64. The van der Waals surface area contributed by atoms with Crippen LogP contribution >= 0.6 is 0 Å². The van der Waals surface area contributed by atoms with Crippen molar-refractivity contribution >= 4 is 5.91 Å². The molecule has 1 amide bonds. The average molecular weight is 305 g/mol. The molecule has 0 aromatic carbocycles. The summed E-state index contributed by atoms with van der Waals surface area (Å²) in [7, 11) is 0. The summed E-state index contributed by atoms with van der Waals surface area (Å²) in [6, 6.07) is 0. The smallest absolute Gasteiger partial charge is 0.224 e. The fourth-order valence-corrected chi connectivity index (χ4v) is 3.26. The lowest BCUT2D eigenvalue weighted by Gasteiger charge is -2.32. The summed E-state index contributed by atoms with van der Waals surface area (Å²) in [5, 5.41) is 0. The van der Waals surface area contributed by atoms with Crippen molar-refractivity contribution in [3.8, 4) is 0 Å². The fraction of sp³-hybridized carbons (Fsp3) is 0.765. The van der Waals surface area contributed by atoms with Crippen LogP contribution in [0.1, 0.15) is 50.8 Å². The Morgan fingerprint density at radius 1 is 1.32 bits per heavy atom. The summed E-state index contributed by atoms with van der Waals surface area (Å²) >= 11 is 0. The molecular formula is C17H27N3O2. The van der Waals surface area contributed by atoms with E-state index in [4.69, 9.17) is 4.74 Å². The normalized spacial score (nSPS) is 19.6. The van der Waals surface area contributed by atoms with Crippen LogP contribution in [0.4, 0.5) is 0 Å². The largest absolute Gasteiger partial charge is 0.381 e. The Morgan fingerprint density at radius 2 is 2.09 bits per heavy atom. The van der Waals surface area contributed by atoms with Gasteiger partial charge in [0.1, 0.15) is 5.82 Å². The number of nitrogens with zero attached hydrogens (tertiary/aromatic N) is 3. The highest BCUT2D eigenvalue weighted by molar-refractivity contribution is 5.76. The van der Waals surface area contributed by atoms with Gasteiger partial charge in [-0.05, 0) is 38.5 Å². The van der Waals surface area contributed by atoms with Gasteiger partial charge in [-0.3, -0.25) is 4.79 Å². The molecule has 1 aromatic rings. The highest BCUT2D eigenvalue weighted by Crippen LogP contribution is 2.33. The molecule has 1 aliphatic carbocycles. The zero-order valence-corrected chi connectivity index (χ0v) is 13.5. The minimum Gasteiger partial charge on any atom is -0.381 e. The van der Waals surface area contributed by atoms with Crippen LogP contribution in [0.2, 0.25) is 0 Å².